The molecule has 0 bridgehead atoms. The van der Waals surface area contributed by atoms with Crippen LogP contribution in [0.2, 0.25) is 0 Å². The Morgan fingerprint density at radius 2 is 2.00 bits per heavy atom. The standard InChI is InChI=1S/C19H17N5O/c1-2-5-13(6-3-1)15-10-24(11-17-19(15)21-12-20-17)9-14-7-4-8-16-18(14)23-25-22-16/h1-8,12,15H,9-11H2,(H,20,21). The number of imidazole rings is 1. The molecule has 0 radical (unpaired) electrons. The highest BCUT2D eigenvalue weighted by Crippen LogP contribution is 2.32. The van der Waals surface area contributed by atoms with Crippen LogP contribution in [0.4, 0.5) is 0 Å². The summed E-state index contributed by atoms with van der Waals surface area (Å²) in [6.07, 6.45) is 1.80. The molecule has 1 unspecified atom stereocenters. The number of rotatable bonds is 3. The van der Waals surface area contributed by atoms with Gasteiger partial charge in [-0.3, -0.25) is 4.90 Å². The van der Waals surface area contributed by atoms with E-state index in [9.17, 15) is 0 Å². The van der Waals surface area contributed by atoms with E-state index in [4.69, 9.17) is 4.63 Å². The van der Waals surface area contributed by atoms with Crippen LogP contribution in [0.3, 0.4) is 0 Å². The van der Waals surface area contributed by atoms with Crippen molar-refractivity contribution >= 4 is 11.0 Å². The average molecular weight is 331 g/mol. The summed E-state index contributed by atoms with van der Waals surface area (Å²) in [4.78, 5) is 10.3. The Hall–Kier alpha value is -2.99. The molecule has 0 spiro atoms. The summed E-state index contributed by atoms with van der Waals surface area (Å²) < 4.78 is 4.89. The maximum Gasteiger partial charge on any atom is 0.139 e. The molecule has 1 atom stereocenters. The van der Waals surface area contributed by atoms with E-state index in [1.807, 2.05) is 18.2 Å². The lowest BCUT2D eigenvalue weighted by atomic mass is 9.90. The first kappa shape index (κ1) is 14.4. The molecular weight excluding hydrogens is 314 g/mol. The Kier molecular flexibility index (Phi) is 3.34. The fourth-order valence-corrected chi connectivity index (χ4v) is 3.69. The third-order valence-corrected chi connectivity index (χ3v) is 4.87. The van der Waals surface area contributed by atoms with Crippen LogP contribution in [0.1, 0.15) is 28.4 Å². The van der Waals surface area contributed by atoms with Crippen LogP contribution in [0.15, 0.2) is 59.5 Å². The van der Waals surface area contributed by atoms with Gasteiger partial charge in [-0.25, -0.2) is 9.61 Å². The molecule has 0 aliphatic carbocycles. The number of H-pyrrole nitrogens is 1. The van der Waals surface area contributed by atoms with E-state index in [2.05, 4.69) is 55.5 Å². The van der Waals surface area contributed by atoms with Gasteiger partial charge in [0.2, 0.25) is 0 Å². The van der Waals surface area contributed by atoms with Gasteiger partial charge in [-0.15, -0.1) is 0 Å². The molecule has 1 aliphatic rings. The van der Waals surface area contributed by atoms with Crippen LogP contribution < -0.4 is 0 Å². The van der Waals surface area contributed by atoms with E-state index < -0.39 is 0 Å². The molecule has 25 heavy (non-hydrogen) atoms. The highest BCUT2D eigenvalue weighted by molar-refractivity contribution is 5.76. The summed E-state index contributed by atoms with van der Waals surface area (Å²) in [5.41, 5.74) is 6.41. The third-order valence-electron chi connectivity index (χ3n) is 4.87. The van der Waals surface area contributed by atoms with Crippen molar-refractivity contribution in [1.82, 2.24) is 25.2 Å². The van der Waals surface area contributed by atoms with E-state index >= 15 is 0 Å². The SMILES string of the molecule is c1ccc(C2CN(Cc3cccc4nonc34)Cc3[nH]cnc32)cc1. The van der Waals surface area contributed by atoms with E-state index in [0.717, 1.165) is 41.9 Å². The largest absolute Gasteiger partial charge is 0.347 e. The monoisotopic (exact) mass is 331 g/mol. The van der Waals surface area contributed by atoms with Crippen molar-refractivity contribution in [2.24, 2.45) is 0 Å². The molecular formula is C19H17N5O. The molecule has 0 saturated heterocycles. The second-order valence-electron chi connectivity index (χ2n) is 6.45. The number of benzene rings is 2. The first-order chi connectivity index (χ1) is 12.4. The predicted molar refractivity (Wildman–Crippen MR) is 92.8 cm³/mol. The normalized spacial score (nSPS) is 17.7. The lowest BCUT2D eigenvalue weighted by Crippen LogP contribution is -2.33. The predicted octanol–water partition coefficient (Wildman–Crippen LogP) is 3.09. The summed E-state index contributed by atoms with van der Waals surface area (Å²) in [5.74, 6) is 0.269. The van der Waals surface area contributed by atoms with Crippen molar-refractivity contribution in [1.29, 1.82) is 0 Å². The van der Waals surface area contributed by atoms with E-state index in [1.165, 1.54) is 11.3 Å². The van der Waals surface area contributed by atoms with Crippen molar-refractivity contribution in [2.75, 3.05) is 6.54 Å². The minimum Gasteiger partial charge on any atom is -0.347 e. The Morgan fingerprint density at radius 3 is 2.92 bits per heavy atom. The first-order valence-electron chi connectivity index (χ1n) is 8.38. The minimum absolute atomic E-state index is 0.269. The number of aromatic amines is 1. The van der Waals surface area contributed by atoms with Gasteiger partial charge in [0.05, 0.1) is 17.7 Å². The van der Waals surface area contributed by atoms with Gasteiger partial charge in [-0.1, -0.05) is 42.5 Å². The molecule has 124 valence electrons. The summed E-state index contributed by atoms with van der Waals surface area (Å²) in [6.45, 7) is 2.57. The van der Waals surface area contributed by atoms with Gasteiger partial charge in [0, 0.05) is 25.6 Å². The number of aromatic nitrogens is 4. The van der Waals surface area contributed by atoms with Crippen molar-refractivity contribution in [3.8, 4) is 0 Å². The van der Waals surface area contributed by atoms with Gasteiger partial charge in [0.15, 0.2) is 0 Å². The van der Waals surface area contributed by atoms with Crippen LogP contribution in [0, 0.1) is 0 Å². The topological polar surface area (TPSA) is 70.8 Å². The third kappa shape index (κ3) is 2.51. The van der Waals surface area contributed by atoms with Gasteiger partial charge in [-0.2, -0.15) is 0 Å². The Bertz CT molecular complexity index is 1010. The molecule has 1 N–H and O–H groups in total. The highest BCUT2D eigenvalue weighted by Gasteiger charge is 2.29. The quantitative estimate of drug-likeness (QED) is 0.624. The molecule has 6 heteroatoms. The van der Waals surface area contributed by atoms with Gasteiger partial charge in [-0.05, 0) is 27.5 Å². The van der Waals surface area contributed by atoms with Gasteiger partial charge < -0.3 is 4.98 Å². The number of nitrogens with zero attached hydrogens (tertiary/aromatic N) is 4. The summed E-state index contributed by atoms with van der Waals surface area (Å²) in [7, 11) is 0. The van der Waals surface area contributed by atoms with Gasteiger partial charge in [0.1, 0.15) is 11.0 Å². The fourth-order valence-electron chi connectivity index (χ4n) is 3.69. The molecule has 6 nitrogen and oxygen atoms in total. The first-order valence-corrected chi connectivity index (χ1v) is 8.38. The Morgan fingerprint density at radius 1 is 1.08 bits per heavy atom. The lowest BCUT2D eigenvalue weighted by Gasteiger charge is -2.32. The summed E-state index contributed by atoms with van der Waals surface area (Å²) in [6, 6.07) is 16.6. The molecule has 0 fully saturated rings. The Labute approximate surface area is 144 Å². The van der Waals surface area contributed by atoms with Crippen molar-refractivity contribution in [3.05, 3.63) is 77.4 Å². The Balaban J connectivity index is 1.49. The molecule has 5 rings (SSSR count). The molecule has 1 aliphatic heterocycles. The van der Waals surface area contributed by atoms with Crippen LogP contribution in [0.5, 0.6) is 0 Å². The highest BCUT2D eigenvalue weighted by atomic mass is 16.6. The van der Waals surface area contributed by atoms with Crippen LogP contribution in [-0.4, -0.2) is 31.7 Å². The molecule has 2 aromatic carbocycles. The maximum absolute atomic E-state index is 4.89. The second kappa shape index (κ2) is 5.82. The summed E-state index contributed by atoms with van der Waals surface area (Å²) >= 11 is 0. The maximum atomic E-state index is 4.89. The minimum atomic E-state index is 0.269. The zero-order chi connectivity index (χ0) is 16.6. The van der Waals surface area contributed by atoms with E-state index in [-0.39, 0.29) is 5.92 Å². The second-order valence-corrected chi connectivity index (χ2v) is 6.45. The van der Waals surface area contributed by atoms with Gasteiger partial charge >= 0.3 is 0 Å². The number of hydrogen-bond acceptors (Lipinski definition) is 5. The molecule has 0 amide bonds. The molecule has 0 saturated carbocycles. The molecule has 3 heterocycles. The number of fused-ring (bicyclic) bond motifs is 2. The van der Waals surface area contributed by atoms with Crippen LogP contribution >= 0.6 is 0 Å². The smallest absolute Gasteiger partial charge is 0.139 e. The molecule has 4 aromatic rings. The number of nitrogens with one attached hydrogen (secondary N) is 1. The van der Waals surface area contributed by atoms with E-state index in [0.29, 0.717) is 0 Å². The van der Waals surface area contributed by atoms with Crippen molar-refractivity contribution in [3.63, 3.8) is 0 Å². The van der Waals surface area contributed by atoms with Crippen LogP contribution in [0.25, 0.3) is 11.0 Å². The zero-order valence-corrected chi connectivity index (χ0v) is 13.6. The average Bonchev–Trinajstić information content (AvgIpc) is 3.31. The van der Waals surface area contributed by atoms with E-state index in [1.54, 1.807) is 6.33 Å². The molecule has 2 aromatic heterocycles. The van der Waals surface area contributed by atoms with Gasteiger partial charge in [0.25, 0.3) is 0 Å². The van der Waals surface area contributed by atoms with Crippen molar-refractivity contribution in [2.45, 2.75) is 19.0 Å². The van der Waals surface area contributed by atoms with Crippen LogP contribution in [-0.2, 0) is 13.1 Å². The summed E-state index contributed by atoms with van der Waals surface area (Å²) in [5, 5.41) is 8.00. The lowest BCUT2D eigenvalue weighted by molar-refractivity contribution is 0.228. The number of hydrogen-bond donors (Lipinski definition) is 1. The zero-order valence-electron chi connectivity index (χ0n) is 13.6. The van der Waals surface area contributed by atoms with Crippen molar-refractivity contribution < 1.29 is 4.63 Å². The fraction of sp³-hybridized carbons (Fsp3) is 0.211.